The Balaban J connectivity index is 2.83. The maximum atomic E-state index is 10.3. The maximum Gasteiger partial charge on any atom is 0.119 e. The highest BCUT2D eigenvalue weighted by molar-refractivity contribution is 5.29. The summed E-state index contributed by atoms with van der Waals surface area (Å²) in [4.78, 5) is 1.35. The van der Waals surface area contributed by atoms with Crippen LogP contribution in [-0.4, -0.2) is 144 Å². The van der Waals surface area contributed by atoms with Crippen molar-refractivity contribution in [1.82, 2.24) is 4.90 Å². The molecule has 0 saturated carbocycles. The van der Waals surface area contributed by atoms with Gasteiger partial charge in [0.2, 0.25) is 0 Å². The lowest BCUT2D eigenvalue weighted by Crippen LogP contribution is -2.53. The zero-order valence-corrected chi connectivity index (χ0v) is 18.2. The molecule has 0 heterocycles. The standard InChI is InChI=1S/C21H36NO11/c1-12-3-2-4-13(7-12)33-6-5-22(8-14(25)18(29)20(31)16(27)10-23)9-15(26)19(30)21(32)17(28)11-24/h2-4,7,14-21,23-32H,1,5-6,8-11H2/t14-,15-,16-,17-,18-,19-,20-,21-/m1/s1. The van der Waals surface area contributed by atoms with E-state index in [0.29, 0.717) is 11.3 Å². The maximum absolute atomic E-state index is 10.3. The van der Waals surface area contributed by atoms with E-state index in [2.05, 4.69) is 6.92 Å². The van der Waals surface area contributed by atoms with Gasteiger partial charge in [-0.2, -0.15) is 0 Å². The molecule has 1 aromatic carbocycles. The third-order valence-corrected chi connectivity index (χ3v) is 5.12. The average molecular weight is 479 g/mol. The van der Waals surface area contributed by atoms with Crippen molar-refractivity contribution in [1.29, 1.82) is 0 Å². The van der Waals surface area contributed by atoms with E-state index in [1.807, 2.05) is 0 Å². The summed E-state index contributed by atoms with van der Waals surface area (Å²) >= 11 is 0. The van der Waals surface area contributed by atoms with Gasteiger partial charge in [-0.3, -0.25) is 4.90 Å². The van der Waals surface area contributed by atoms with Gasteiger partial charge in [0, 0.05) is 19.6 Å². The van der Waals surface area contributed by atoms with Gasteiger partial charge in [0.15, 0.2) is 0 Å². The second-order valence-electron chi connectivity index (χ2n) is 7.85. The molecule has 12 heteroatoms. The van der Waals surface area contributed by atoms with Crippen LogP contribution < -0.4 is 4.74 Å². The van der Waals surface area contributed by atoms with Gasteiger partial charge in [0.05, 0.1) is 25.4 Å². The molecular formula is C21H36NO11. The van der Waals surface area contributed by atoms with Crippen molar-refractivity contribution >= 4 is 0 Å². The summed E-state index contributed by atoms with van der Waals surface area (Å²) in [7, 11) is 0. The molecule has 0 aromatic heterocycles. The molecule has 0 aliphatic heterocycles. The number of nitrogens with zero attached hydrogens (tertiary/aromatic N) is 1. The fourth-order valence-electron chi connectivity index (χ4n) is 3.06. The van der Waals surface area contributed by atoms with Crippen molar-refractivity contribution < 1.29 is 55.8 Å². The van der Waals surface area contributed by atoms with Crippen molar-refractivity contribution in [3.05, 3.63) is 36.8 Å². The van der Waals surface area contributed by atoms with Gasteiger partial charge < -0.3 is 55.8 Å². The van der Waals surface area contributed by atoms with Gasteiger partial charge in [-0.1, -0.05) is 12.1 Å². The fraction of sp³-hybridized carbons (Fsp3) is 0.667. The Morgan fingerprint density at radius 2 is 1.18 bits per heavy atom. The lowest BCUT2D eigenvalue weighted by molar-refractivity contribution is -0.130. The van der Waals surface area contributed by atoms with Crippen molar-refractivity contribution in [2.24, 2.45) is 0 Å². The molecule has 0 aliphatic rings. The van der Waals surface area contributed by atoms with Gasteiger partial charge in [0.1, 0.15) is 49.0 Å². The highest BCUT2D eigenvalue weighted by atomic mass is 16.5. The van der Waals surface area contributed by atoms with Crippen LogP contribution in [0.15, 0.2) is 24.3 Å². The monoisotopic (exact) mass is 478 g/mol. The molecule has 1 rings (SSSR count). The first-order chi connectivity index (χ1) is 15.5. The van der Waals surface area contributed by atoms with Crippen LogP contribution in [0.5, 0.6) is 5.75 Å². The van der Waals surface area contributed by atoms with Crippen LogP contribution in [0.25, 0.3) is 0 Å². The van der Waals surface area contributed by atoms with Crippen molar-refractivity contribution in [2.75, 3.05) is 39.5 Å². The second kappa shape index (κ2) is 14.8. The quantitative estimate of drug-likeness (QED) is 0.109. The third-order valence-electron chi connectivity index (χ3n) is 5.12. The number of aliphatic hydroxyl groups is 10. The third kappa shape index (κ3) is 9.76. The van der Waals surface area contributed by atoms with E-state index in [0.717, 1.165) is 0 Å². The number of rotatable bonds is 16. The van der Waals surface area contributed by atoms with Gasteiger partial charge >= 0.3 is 0 Å². The molecule has 0 aliphatic carbocycles. The van der Waals surface area contributed by atoms with E-state index in [1.165, 1.54) is 4.90 Å². The Hall–Kier alpha value is -1.42. The minimum Gasteiger partial charge on any atom is -0.492 e. The molecule has 1 radical (unpaired) electrons. The summed E-state index contributed by atoms with van der Waals surface area (Å²) in [5.41, 5.74) is 0.717. The van der Waals surface area contributed by atoms with E-state index >= 15 is 0 Å². The highest BCUT2D eigenvalue weighted by Gasteiger charge is 2.34. The van der Waals surface area contributed by atoms with Gasteiger partial charge in [-0.05, 0) is 24.6 Å². The Kier molecular flexibility index (Phi) is 13.2. The van der Waals surface area contributed by atoms with Gasteiger partial charge in [0.25, 0.3) is 0 Å². The topological polar surface area (TPSA) is 215 Å². The van der Waals surface area contributed by atoms with E-state index < -0.39 is 62.0 Å². The highest BCUT2D eigenvalue weighted by Crippen LogP contribution is 2.14. The molecule has 0 spiro atoms. The molecular weight excluding hydrogens is 442 g/mol. The molecule has 0 unspecified atom stereocenters. The first-order valence-electron chi connectivity index (χ1n) is 10.4. The predicted molar refractivity (Wildman–Crippen MR) is 115 cm³/mol. The van der Waals surface area contributed by atoms with Crippen LogP contribution in [0.3, 0.4) is 0 Å². The van der Waals surface area contributed by atoms with Crippen molar-refractivity contribution in [3.63, 3.8) is 0 Å². The molecule has 0 amide bonds. The first-order valence-corrected chi connectivity index (χ1v) is 10.4. The van der Waals surface area contributed by atoms with Crippen LogP contribution in [0, 0.1) is 6.92 Å². The van der Waals surface area contributed by atoms with Crippen LogP contribution in [0.2, 0.25) is 0 Å². The van der Waals surface area contributed by atoms with Crippen LogP contribution in [0.1, 0.15) is 5.56 Å². The molecule has 191 valence electrons. The molecule has 0 fully saturated rings. The predicted octanol–water partition coefficient (Wildman–Crippen LogP) is -4.58. The molecule has 33 heavy (non-hydrogen) atoms. The summed E-state index contributed by atoms with van der Waals surface area (Å²) in [5.74, 6) is 0.506. The summed E-state index contributed by atoms with van der Waals surface area (Å²) in [6.45, 7) is 1.46. The Morgan fingerprint density at radius 1 is 0.727 bits per heavy atom. The van der Waals surface area contributed by atoms with Crippen LogP contribution >= 0.6 is 0 Å². The number of ether oxygens (including phenoxy) is 1. The molecule has 0 saturated heterocycles. The Bertz CT molecular complexity index is 637. The second-order valence-corrected chi connectivity index (χ2v) is 7.85. The SMILES string of the molecule is [CH2]c1cccc(OCCN(C[C@@H](O)[C@@H](O)[C@H](O)[C@H](O)CO)C[C@@H](O)[C@@H](O)[C@H](O)[C@H](O)CO)c1. The number of aliphatic hydroxyl groups excluding tert-OH is 10. The lowest BCUT2D eigenvalue weighted by atomic mass is 10.0. The van der Waals surface area contributed by atoms with E-state index in [4.69, 9.17) is 14.9 Å². The summed E-state index contributed by atoms with van der Waals surface area (Å²) in [6, 6.07) is 6.88. The Morgan fingerprint density at radius 3 is 1.61 bits per heavy atom. The zero-order chi connectivity index (χ0) is 25.1. The molecule has 0 bridgehead atoms. The number of hydrogen-bond acceptors (Lipinski definition) is 12. The molecule has 1 aromatic rings. The van der Waals surface area contributed by atoms with Crippen molar-refractivity contribution in [2.45, 2.75) is 48.8 Å². The van der Waals surface area contributed by atoms with E-state index in [-0.39, 0.29) is 26.2 Å². The lowest BCUT2D eigenvalue weighted by Gasteiger charge is -2.33. The first kappa shape index (κ1) is 29.6. The van der Waals surface area contributed by atoms with E-state index in [9.17, 15) is 40.9 Å². The van der Waals surface area contributed by atoms with Crippen LogP contribution in [-0.2, 0) is 0 Å². The minimum atomic E-state index is -1.85. The smallest absolute Gasteiger partial charge is 0.119 e. The molecule has 8 atom stereocenters. The van der Waals surface area contributed by atoms with Gasteiger partial charge in [-0.15, -0.1) is 0 Å². The average Bonchev–Trinajstić information content (AvgIpc) is 2.80. The Labute approximate surface area is 192 Å². The number of hydrogen-bond donors (Lipinski definition) is 10. The summed E-state index contributed by atoms with van der Waals surface area (Å²) in [6.07, 6.45) is -14.0. The largest absolute Gasteiger partial charge is 0.492 e. The molecule has 10 N–H and O–H groups in total. The number of benzene rings is 1. The molecule has 12 nitrogen and oxygen atoms in total. The summed E-state index contributed by atoms with van der Waals surface area (Å²) in [5, 5.41) is 97.0. The van der Waals surface area contributed by atoms with Crippen LogP contribution in [0.4, 0.5) is 0 Å². The zero-order valence-electron chi connectivity index (χ0n) is 18.2. The summed E-state index contributed by atoms with van der Waals surface area (Å²) < 4.78 is 5.59. The van der Waals surface area contributed by atoms with Crippen molar-refractivity contribution in [3.8, 4) is 5.75 Å². The minimum absolute atomic E-state index is 0.0404. The fourth-order valence-corrected chi connectivity index (χ4v) is 3.06. The van der Waals surface area contributed by atoms with E-state index in [1.54, 1.807) is 24.3 Å². The normalized spacial score (nSPS) is 19.4. The van der Waals surface area contributed by atoms with Gasteiger partial charge in [-0.25, -0.2) is 0 Å².